The second-order valence-corrected chi connectivity index (χ2v) is 4.66. The van der Waals surface area contributed by atoms with Crippen LogP contribution in [0.1, 0.15) is 19.4 Å². The molecule has 2 rings (SSSR count). The highest BCUT2D eigenvalue weighted by atomic mass is 16.6. The van der Waals surface area contributed by atoms with Gasteiger partial charge in [-0.05, 0) is 38.5 Å². The van der Waals surface area contributed by atoms with Crippen LogP contribution in [0.3, 0.4) is 0 Å². The molecule has 1 aromatic heterocycles. The number of anilines is 1. The van der Waals surface area contributed by atoms with Crippen molar-refractivity contribution in [2.24, 2.45) is 0 Å². The van der Waals surface area contributed by atoms with Crippen LogP contribution < -0.4 is 10.9 Å². The second kappa shape index (κ2) is 5.24. The number of phenolic OH excluding ortho intramolecular Hbond substituents is 1. The minimum Gasteiger partial charge on any atom is -0.506 e. The van der Waals surface area contributed by atoms with Crippen molar-refractivity contribution in [3.05, 3.63) is 34.2 Å². The Kier molecular flexibility index (Phi) is 3.65. The molecule has 0 fully saturated rings. The van der Waals surface area contributed by atoms with E-state index in [2.05, 4.69) is 5.32 Å². The van der Waals surface area contributed by atoms with Crippen LogP contribution in [0.25, 0.3) is 11.0 Å². The van der Waals surface area contributed by atoms with Crippen molar-refractivity contribution >= 4 is 22.7 Å². The Bertz CT molecular complexity index is 717. The molecule has 2 aromatic rings. The van der Waals surface area contributed by atoms with Crippen LogP contribution >= 0.6 is 0 Å². The molecule has 0 aliphatic heterocycles. The Labute approximate surface area is 115 Å². The van der Waals surface area contributed by atoms with Gasteiger partial charge in [0.25, 0.3) is 0 Å². The van der Waals surface area contributed by atoms with Crippen molar-refractivity contribution in [3.8, 4) is 5.75 Å². The van der Waals surface area contributed by atoms with Crippen LogP contribution in [-0.4, -0.2) is 17.3 Å². The molecule has 0 atom stereocenters. The lowest BCUT2D eigenvalue weighted by atomic mass is 10.1. The largest absolute Gasteiger partial charge is 0.506 e. The molecule has 0 unspecified atom stereocenters. The standard InChI is InChI=1S/C14H15NO5/c1-7(2)19-14(18)15-12-10(16)5-4-9-8(3)6-11(17)20-13(9)12/h4-7,16H,1-3H3,(H,15,18). The predicted octanol–water partition coefficient (Wildman–Crippen LogP) is 2.76. The van der Waals surface area contributed by atoms with Gasteiger partial charge in [0.05, 0.1) is 6.10 Å². The number of nitrogens with one attached hydrogen (secondary N) is 1. The van der Waals surface area contributed by atoms with E-state index in [0.29, 0.717) is 10.9 Å². The van der Waals surface area contributed by atoms with E-state index in [-0.39, 0.29) is 23.1 Å². The van der Waals surface area contributed by atoms with E-state index in [4.69, 9.17) is 9.15 Å². The van der Waals surface area contributed by atoms with Crippen molar-refractivity contribution in [2.45, 2.75) is 26.9 Å². The van der Waals surface area contributed by atoms with Crippen molar-refractivity contribution < 1.29 is 19.1 Å². The third kappa shape index (κ3) is 2.74. The van der Waals surface area contributed by atoms with Gasteiger partial charge in [0.2, 0.25) is 0 Å². The summed E-state index contributed by atoms with van der Waals surface area (Å²) in [5.74, 6) is -0.202. The van der Waals surface area contributed by atoms with Crippen molar-refractivity contribution in [2.75, 3.05) is 5.32 Å². The minimum absolute atomic E-state index is 0.0222. The van der Waals surface area contributed by atoms with E-state index >= 15 is 0 Å². The van der Waals surface area contributed by atoms with Gasteiger partial charge in [0.15, 0.2) is 5.58 Å². The van der Waals surface area contributed by atoms with Crippen LogP contribution in [0.2, 0.25) is 0 Å². The molecule has 106 valence electrons. The summed E-state index contributed by atoms with van der Waals surface area (Å²) in [6.45, 7) is 5.14. The van der Waals surface area contributed by atoms with Gasteiger partial charge in [0.1, 0.15) is 11.4 Å². The zero-order valence-electron chi connectivity index (χ0n) is 11.4. The smallest absolute Gasteiger partial charge is 0.412 e. The van der Waals surface area contributed by atoms with Crippen LogP contribution in [-0.2, 0) is 4.74 Å². The molecule has 0 aliphatic rings. The molecule has 0 saturated carbocycles. The first-order valence-electron chi connectivity index (χ1n) is 6.12. The van der Waals surface area contributed by atoms with Gasteiger partial charge >= 0.3 is 11.7 Å². The first-order chi connectivity index (χ1) is 9.38. The summed E-state index contributed by atoms with van der Waals surface area (Å²) in [6.07, 6.45) is -1.03. The number of carbonyl (C=O) groups is 1. The van der Waals surface area contributed by atoms with Crippen LogP contribution in [0.15, 0.2) is 27.4 Å². The van der Waals surface area contributed by atoms with Crippen molar-refractivity contribution in [1.29, 1.82) is 0 Å². The minimum atomic E-state index is -0.730. The van der Waals surface area contributed by atoms with Crippen LogP contribution in [0.5, 0.6) is 5.75 Å². The van der Waals surface area contributed by atoms with Crippen LogP contribution in [0.4, 0.5) is 10.5 Å². The van der Waals surface area contributed by atoms with Gasteiger partial charge in [-0.1, -0.05) is 0 Å². The summed E-state index contributed by atoms with van der Waals surface area (Å²) < 4.78 is 10.0. The fourth-order valence-corrected chi connectivity index (χ4v) is 1.84. The van der Waals surface area contributed by atoms with Gasteiger partial charge < -0.3 is 14.3 Å². The molecular formula is C14H15NO5. The third-order valence-electron chi connectivity index (χ3n) is 2.67. The molecule has 2 N–H and O–H groups in total. The molecule has 1 amide bonds. The number of phenols is 1. The lowest BCUT2D eigenvalue weighted by molar-refractivity contribution is 0.130. The maximum atomic E-state index is 11.6. The summed E-state index contributed by atoms with van der Waals surface area (Å²) in [5, 5.41) is 12.9. The third-order valence-corrected chi connectivity index (χ3v) is 2.67. The number of aryl methyl sites for hydroxylation is 1. The molecule has 6 nitrogen and oxygen atoms in total. The number of ether oxygens (including phenoxy) is 1. The van der Waals surface area contributed by atoms with Crippen LogP contribution in [0, 0.1) is 6.92 Å². The Morgan fingerprint density at radius 2 is 2.10 bits per heavy atom. The number of benzene rings is 1. The predicted molar refractivity (Wildman–Crippen MR) is 74.1 cm³/mol. The monoisotopic (exact) mass is 277 g/mol. The lowest BCUT2D eigenvalue weighted by Gasteiger charge is -2.12. The summed E-state index contributed by atoms with van der Waals surface area (Å²) >= 11 is 0. The number of hydrogen-bond donors (Lipinski definition) is 2. The topological polar surface area (TPSA) is 88.8 Å². The van der Waals surface area contributed by atoms with Gasteiger partial charge in [-0.15, -0.1) is 0 Å². The highest BCUT2D eigenvalue weighted by molar-refractivity contribution is 6.00. The molecule has 1 aromatic carbocycles. The summed E-state index contributed by atoms with van der Waals surface area (Å²) in [5.41, 5.74) is 0.280. The van der Waals surface area contributed by atoms with E-state index in [1.807, 2.05) is 0 Å². The molecule has 0 radical (unpaired) electrons. The van der Waals surface area contributed by atoms with Crippen molar-refractivity contribution in [3.63, 3.8) is 0 Å². The summed E-state index contributed by atoms with van der Waals surface area (Å²) in [7, 11) is 0. The molecule has 0 aliphatic carbocycles. The number of rotatable bonds is 2. The molecule has 0 spiro atoms. The zero-order chi connectivity index (χ0) is 14.9. The Morgan fingerprint density at radius 3 is 2.75 bits per heavy atom. The number of aromatic hydroxyl groups is 1. The first-order valence-corrected chi connectivity index (χ1v) is 6.12. The zero-order valence-corrected chi connectivity index (χ0v) is 11.4. The number of hydrogen-bond acceptors (Lipinski definition) is 5. The maximum absolute atomic E-state index is 11.6. The molecule has 1 heterocycles. The normalized spacial score (nSPS) is 10.8. The van der Waals surface area contributed by atoms with Gasteiger partial charge in [-0.25, -0.2) is 9.59 Å². The van der Waals surface area contributed by atoms with E-state index in [0.717, 1.165) is 0 Å². The van der Waals surface area contributed by atoms with Gasteiger partial charge in [0, 0.05) is 11.5 Å². The SMILES string of the molecule is Cc1cc(=O)oc2c(NC(=O)OC(C)C)c(O)ccc12. The molecule has 0 bridgehead atoms. The molecular weight excluding hydrogens is 262 g/mol. The highest BCUT2D eigenvalue weighted by Crippen LogP contribution is 2.33. The Hall–Kier alpha value is -2.50. The lowest BCUT2D eigenvalue weighted by Crippen LogP contribution is -2.18. The molecule has 6 heteroatoms. The molecule has 0 saturated heterocycles. The summed E-state index contributed by atoms with van der Waals surface area (Å²) in [6, 6.07) is 4.37. The maximum Gasteiger partial charge on any atom is 0.412 e. The fourth-order valence-electron chi connectivity index (χ4n) is 1.84. The number of fused-ring (bicyclic) bond motifs is 1. The molecule has 20 heavy (non-hydrogen) atoms. The van der Waals surface area contributed by atoms with E-state index in [1.165, 1.54) is 12.1 Å². The van der Waals surface area contributed by atoms with E-state index in [9.17, 15) is 14.7 Å². The van der Waals surface area contributed by atoms with Crippen molar-refractivity contribution in [1.82, 2.24) is 0 Å². The highest BCUT2D eigenvalue weighted by Gasteiger charge is 2.15. The van der Waals surface area contributed by atoms with Gasteiger partial charge in [-0.2, -0.15) is 0 Å². The van der Waals surface area contributed by atoms with Gasteiger partial charge in [-0.3, -0.25) is 5.32 Å². The number of amides is 1. The second-order valence-electron chi connectivity index (χ2n) is 4.66. The Morgan fingerprint density at radius 1 is 1.40 bits per heavy atom. The Balaban J connectivity index is 2.54. The number of carbonyl (C=O) groups excluding carboxylic acids is 1. The first kappa shape index (κ1) is 13.9. The summed E-state index contributed by atoms with van der Waals surface area (Å²) in [4.78, 5) is 23.1. The average Bonchev–Trinajstić information content (AvgIpc) is 2.31. The fraction of sp³-hybridized carbons (Fsp3) is 0.286. The average molecular weight is 277 g/mol. The van der Waals surface area contributed by atoms with E-state index < -0.39 is 11.7 Å². The van der Waals surface area contributed by atoms with E-state index in [1.54, 1.807) is 26.8 Å². The quantitative estimate of drug-likeness (QED) is 0.650.